The van der Waals surface area contributed by atoms with Crippen LogP contribution in [0, 0.1) is 0 Å². The number of fused-ring (bicyclic) bond motifs is 1. The summed E-state index contributed by atoms with van der Waals surface area (Å²) in [7, 11) is -7.86. The molecule has 0 fully saturated rings. The van der Waals surface area contributed by atoms with Gasteiger partial charge in [-0.1, -0.05) is 13.8 Å². The molecule has 0 aromatic heterocycles. The Morgan fingerprint density at radius 2 is 1.86 bits per heavy atom. The number of nitrogens with zero attached hydrogens (tertiary/aromatic N) is 1. The largest absolute Gasteiger partial charge is 0.367 e. The summed E-state index contributed by atoms with van der Waals surface area (Å²) in [5.74, 6) is -0.385. The maximum atomic E-state index is 11.5. The van der Waals surface area contributed by atoms with E-state index in [4.69, 9.17) is 9.69 Å². The van der Waals surface area contributed by atoms with Crippen LogP contribution in [0.25, 0.3) is 0 Å². The number of benzene rings is 1. The summed E-state index contributed by atoms with van der Waals surface area (Å²) >= 11 is 0. The highest BCUT2D eigenvalue weighted by Gasteiger charge is 2.42. The third kappa shape index (κ3) is 3.12. The molecule has 0 bridgehead atoms. The second-order valence-corrected chi connectivity index (χ2v) is 9.23. The van der Waals surface area contributed by atoms with Gasteiger partial charge in [0, 0.05) is 23.7 Å². The number of anilines is 1. The fourth-order valence-electron chi connectivity index (χ4n) is 2.81. The molecule has 1 aromatic rings. The molecule has 0 saturated carbocycles. The van der Waals surface area contributed by atoms with Gasteiger partial charge in [0.2, 0.25) is 10.0 Å². The Morgan fingerprint density at radius 1 is 1.27 bits per heavy atom. The molecule has 1 aliphatic rings. The lowest BCUT2D eigenvalue weighted by atomic mass is 9.81. The van der Waals surface area contributed by atoms with Crippen LogP contribution >= 0.6 is 0 Å². The summed E-state index contributed by atoms with van der Waals surface area (Å²) in [6, 6.07) is 4.52. The third-order valence-corrected chi connectivity index (χ3v) is 6.01. The standard InChI is InChI=1S/C13H20N2O5S2/c1-9-13(2,3)11-8-10(22(14,19)20)4-5-12(11)15(9)6-7-21(16,17)18/h4-5,8-9H,6-7H2,1-3H3,(H2,14,19,20)(H,16,17,18). The van der Waals surface area contributed by atoms with Crippen molar-refractivity contribution in [3.8, 4) is 0 Å². The zero-order chi connectivity index (χ0) is 16.9. The molecule has 124 valence electrons. The average Bonchev–Trinajstić information content (AvgIpc) is 2.54. The summed E-state index contributed by atoms with van der Waals surface area (Å²) in [5, 5.41) is 5.17. The molecule has 9 heteroatoms. The number of hydrogen-bond donors (Lipinski definition) is 2. The van der Waals surface area contributed by atoms with E-state index in [1.165, 1.54) is 12.1 Å². The second-order valence-electron chi connectivity index (χ2n) is 6.10. The smallest absolute Gasteiger partial charge is 0.266 e. The van der Waals surface area contributed by atoms with Gasteiger partial charge in [-0.05, 0) is 30.7 Å². The summed E-state index contributed by atoms with van der Waals surface area (Å²) < 4.78 is 53.9. The minimum Gasteiger partial charge on any atom is -0.367 e. The Bertz CT molecular complexity index is 800. The highest BCUT2D eigenvalue weighted by atomic mass is 32.2. The van der Waals surface area contributed by atoms with Gasteiger partial charge in [-0.15, -0.1) is 0 Å². The van der Waals surface area contributed by atoms with Gasteiger partial charge in [0.25, 0.3) is 10.1 Å². The van der Waals surface area contributed by atoms with Crippen LogP contribution in [-0.4, -0.2) is 39.7 Å². The molecule has 0 spiro atoms. The maximum Gasteiger partial charge on any atom is 0.266 e. The SMILES string of the molecule is CC1N(CCS(=O)(=O)O)c2ccc(S(N)(=O)=O)cc2C1(C)C. The number of primary sulfonamides is 1. The molecule has 7 nitrogen and oxygen atoms in total. The number of nitrogens with two attached hydrogens (primary N) is 1. The van der Waals surface area contributed by atoms with E-state index in [9.17, 15) is 16.8 Å². The first kappa shape index (κ1) is 17.2. The van der Waals surface area contributed by atoms with Crippen LogP contribution in [0.15, 0.2) is 23.1 Å². The molecule has 1 atom stereocenters. The van der Waals surface area contributed by atoms with Crippen molar-refractivity contribution in [1.29, 1.82) is 0 Å². The number of sulfonamides is 1. The summed E-state index contributed by atoms with van der Waals surface area (Å²) in [4.78, 5) is 1.89. The molecule has 0 amide bonds. The molecular weight excluding hydrogens is 328 g/mol. The Kier molecular flexibility index (Phi) is 4.06. The van der Waals surface area contributed by atoms with Crippen molar-refractivity contribution in [2.24, 2.45) is 5.14 Å². The average molecular weight is 348 g/mol. The van der Waals surface area contributed by atoms with Crippen LogP contribution in [0.3, 0.4) is 0 Å². The highest BCUT2D eigenvalue weighted by Crippen LogP contribution is 2.45. The predicted molar refractivity (Wildman–Crippen MR) is 84.1 cm³/mol. The molecule has 0 aliphatic carbocycles. The van der Waals surface area contributed by atoms with E-state index in [0.717, 1.165) is 11.3 Å². The second kappa shape index (κ2) is 5.19. The van der Waals surface area contributed by atoms with Crippen LogP contribution in [0.1, 0.15) is 26.3 Å². The molecule has 0 radical (unpaired) electrons. The van der Waals surface area contributed by atoms with Gasteiger partial charge in [-0.3, -0.25) is 4.55 Å². The lowest BCUT2D eigenvalue weighted by Crippen LogP contribution is -2.41. The fraction of sp³-hybridized carbons (Fsp3) is 0.538. The zero-order valence-corrected chi connectivity index (χ0v) is 14.3. The minimum atomic E-state index is -4.06. The predicted octanol–water partition coefficient (Wildman–Crippen LogP) is 0.708. The van der Waals surface area contributed by atoms with Crippen molar-refractivity contribution >= 4 is 25.8 Å². The van der Waals surface area contributed by atoms with E-state index in [-0.39, 0.29) is 28.6 Å². The van der Waals surface area contributed by atoms with Gasteiger partial charge in [0.15, 0.2) is 0 Å². The van der Waals surface area contributed by atoms with Crippen molar-refractivity contribution in [2.45, 2.75) is 37.1 Å². The molecular formula is C13H20N2O5S2. The van der Waals surface area contributed by atoms with E-state index in [1.807, 2.05) is 25.7 Å². The molecule has 2 rings (SSSR count). The Hall–Kier alpha value is -1.16. The molecule has 1 heterocycles. The van der Waals surface area contributed by atoms with Crippen LogP contribution in [0.2, 0.25) is 0 Å². The molecule has 1 unspecified atom stereocenters. The van der Waals surface area contributed by atoms with Crippen LogP contribution in [0.5, 0.6) is 0 Å². The third-order valence-electron chi connectivity index (χ3n) is 4.40. The quantitative estimate of drug-likeness (QED) is 0.774. The number of rotatable bonds is 4. The normalized spacial score (nSPS) is 21.0. The number of hydrogen-bond acceptors (Lipinski definition) is 5. The maximum absolute atomic E-state index is 11.5. The lowest BCUT2D eigenvalue weighted by molar-refractivity contribution is 0.440. The zero-order valence-electron chi connectivity index (χ0n) is 12.6. The Labute approximate surface area is 130 Å². The Morgan fingerprint density at radius 3 is 2.36 bits per heavy atom. The van der Waals surface area contributed by atoms with Crippen LogP contribution < -0.4 is 10.0 Å². The van der Waals surface area contributed by atoms with E-state index in [0.29, 0.717) is 0 Å². The van der Waals surface area contributed by atoms with E-state index in [1.54, 1.807) is 6.07 Å². The molecule has 1 aliphatic heterocycles. The van der Waals surface area contributed by atoms with E-state index < -0.39 is 20.1 Å². The van der Waals surface area contributed by atoms with Crippen molar-refractivity contribution < 1.29 is 21.4 Å². The molecule has 1 aromatic carbocycles. The fourth-order valence-corrected chi connectivity index (χ4v) is 3.78. The van der Waals surface area contributed by atoms with Crippen LogP contribution in [-0.2, 0) is 25.6 Å². The van der Waals surface area contributed by atoms with Gasteiger partial charge < -0.3 is 4.90 Å². The van der Waals surface area contributed by atoms with Gasteiger partial charge in [-0.2, -0.15) is 8.42 Å². The van der Waals surface area contributed by atoms with Gasteiger partial charge in [0.05, 0.1) is 10.6 Å². The first-order chi connectivity index (χ1) is 9.84. The van der Waals surface area contributed by atoms with Crippen molar-refractivity contribution in [3.63, 3.8) is 0 Å². The first-order valence-electron chi connectivity index (χ1n) is 6.73. The van der Waals surface area contributed by atoms with E-state index in [2.05, 4.69) is 0 Å². The van der Waals surface area contributed by atoms with Gasteiger partial charge in [-0.25, -0.2) is 13.6 Å². The van der Waals surface area contributed by atoms with Gasteiger partial charge in [0.1, 0.15) is 0 Å². The molecule has 0 saturated heterocycles. The molecule has 3 N–H and O–H groups in total. The van der Waals surface area contributed by atoms with Crippen molar-refractivity contribution in [1.82, 2.24) is 0 Å². The summed E-state index contributed by atoms with van der Waals surface area (Å²) in [6.07, 6.45) is 0. The topological polar surface area (TPSA) is 118 Å². The van der Waals surface area contributed by atoms with Crippen molar-refractivity contribution in [3.05, 3.63) is 23.8 Å². The lowest BCUT2D eigenvalue weighted by Gasteiger charge is -2.31. The summed E-state index contributed by atoms with van der Waals surface area (Å²) in [5.41, 5.74) is 1.17. The Balaban J connectivity index is 2.49. The van der Waals surface area contributed by atoms with Gasteiger partial charge >= 0.3 is 0 Å². The van der Waals surface area contributed by atoms with Crippen molar-refractivity contribution in [2.75, 3.05) is 17.2 Å². The van der Waals surface area contributed by atoms with Crippen LogP contribution in [0.4, 0.5) is 5.69 Å². The van der Waals surface area contributed by atoms with E-state index >= 15 is 0 Å². The monoisotopic (exact) mass is 348 g/mol. The minimum absolute atomic E-state index is 0.0307. The molecule has 22 heavy (non-hydrogen) atoms. The summed E-state index contributed by atoms with van der Waals surface area (Å²) in [6.45, 7) is 5.97. The first-order valence-corrected chi connectivity index (χ1v) is 9.89. The highest BCUT2D eigenvalue weighted by molar-refractivity contribution is 7.89.